The second-order valence-electron chi connectivity index (χ2n) is 6.56. The zero-order valence-electron chi connectivity index (χ0n) is 15.3. The number of ether oxygens (including phenoxy) is 1. The van der Waals surface area contributed by atoms with Crippen molar-refractivity contribution in [3.8, 4) is 5.75 Å². The summed E-state index contributed by atoms with van der Waals surface area (Å²) in [4.78, 5) is 12.5. The van der Waals surface area contributed by atoms with Crippen LogP contribution in [0.2, 0.25) is 0 Å². The Morgan fingerprint density at radius 2 is 1.92 bits per heavy atom. The van der Waals surface area contributed by atoms with Gasteiger partial charge in [0.15, 0.2) is 0 Å². The summed E-state index contributed by atoms with van der Waals surface area (Å²) in [6, 6.07) is 7.16. The van der Waals surface area contributed by atoms with Gasteiger partial charge in [-0.15, -0.1) is 12.4 Å². The first kappa shape index (κ1) is 20.3. The van der Waals surface area contributed by atoms with Gasteiger partial charge in [0.25, 0.3) is 0 Å². The Labute approximate surface area is 160 Å². The molecule has 1 aromatic carbocycles. The molecule has 1 aromatic heterocycles. The van der Waals surface area contributed by atoms with E-state index in [1.807, 2.05) is 37.5 Å². The van der Waals surface area contributed by atoms with E-state index < -0.39 is 6.04 Å². The van der Waals surface area contributed by atoms with Gasteiger partial charge in [-0.3, -0.25) is 9.48 Å². The van der Waals surface area contributed by atoms with E-state index in [0.29, 0.717) is 6.10 Å². The van der Waals surface area contributed by atoms with Crippen molar-refractivity contribution in [3.63, 3.8) is 0 Å². The molecule has 6 nitrogen and oxygen atoms in total. The van der Waals surface area contributed by atoms with Crippen molar-refractivity contribution in [2.24, 2.45) is 7.05 Å². The van der Waals surface area contributed by atoms with E-state index in [1.165, 1.54) is 19.3 Å². The zero-order chi connectivity index (χ0) is 17.6. The van der Waals surface area contributed by atoms with Crippen LogP contribution in [-0.2, 0) is 11.8 Å². The molecule has 3 rings (SSSR count). The Kier molecular flexibility index (Phi) is 7.48. The molecule has 0 radical (unpaired) electrons. The number of anilines is 1. The molecular weight excluding hydrogens is 352 g/mol. The summed E-state index contributed by atoms with van der Waals surface area (Å²) in [5.74, 6) is 0.749. The number of carbonyl (C=O) groups is 1. The molecule has 1 fully saturated rings. The number of hydrogen-bond acceptors (Lipinski definition) is 4. The van der Waals surface area contributed by atoms with Crippen LogP contribution in [0, 0.1) is 0 Å². The Balaban J connectivity index is 0.00000243. The average Bonchev–Trinajstić information content (AvgIpc) is 3.04. The SMILES string of the molecule is CNC(C(=O)Nc1ccc(OC2CCCCC2)cc1)c1cnn(C)c1.Cl. The maximum Gasteiger partial charge on any atom is 0.246 e. The maximum absolute atomic E-state index is 12.5. The number of benzene rings is 1. The van der Waals surface area contributed by atoms with E-state index >= 15 is 0 Å². The summed E-state index contributed by atoms with van der Waals surface area (Å²) < 4.78 is 7.70. The van der Waals surface area contributed by atoms with Gasteiger partial charge in [-0.1, -0.05) is 6.42 Å². The lowest BCUT2D eigenvalue weighted by Gasteiger charge is -2.23. The number of rotatable bonds is 6. The summed E-state index contributed by atoms with van der Waals surface area (Å²) in [5, 5.41) is 10.1. The van der Waals surface area contributed by atoms with Crippen LogP contribution in [0.3, 0.4) is 0 Å². The van der Waals surface area contributed by atoms with Gasteiger partial charge in [-0.05, 0) is 57.0 Å². The standard InChI is InChI=1S/C19H26N4O2.ClH/c1-20-18(14-12-21-23(2)13-14)19(24)22-15-8-10-17(11-9-15)25-16-6-4-3-5-7-16;/h8-13,16,18,20H,3-7H2,1-2H3,(H,22,24);1H. The van der Waals surface area contributed by atoms with Crippen molar-refractivity contribution >= 4 is 24.0 Å². The smallest absolute Gasteiger partial charge is 0.246 e. The van der Waals surface area contributed by atoms with Gasteiger partial charge in [0.05, 0.1) is 12.3 Å². The van der Waals surface area contributed by atoms with Crippen molar-refractivity contribution < 1.29 is 9.53 Å². The molecule has 2 aromatic rings. The third-order valence-corrected chi connectivity index (χ3v) is 4.59. The van der Waals surface area contributed by atoms with Gasteiger partial charge < -0.3 is 15.4 Å². The molecule has 0 saturated heterocycles. The highest BCUT2D eigenvalue weighted by atomic mass is 35.5. The molecule has 1 heterocycles. The Morgan fingerprint density at radius 3 is 2.50 bits per heavy atom. The van der Waals surface area contributed by atoms with E-state index in [9.17, 15) is 4.79 Å². The fourth-order valence-electron chi connectivity index (χ4n) is 3.25. The molecule has 7 heteroatoms. The van der Waals surface area contributed by atoms with E-state index in [-0.39, 0.29) is 18.3 Å². The number of hydrogen-bond donors (Lipinski definition) is 2. The second kappa shape index (κ2) is 9.59. The van der Waals surface area contributed by atoms with Crippen molar-refractivity contribution in [1.29, 1.82) is 0 Å². The van der Waals surface area contributed by atoms with Gasteiger partial charge in [0, 0.05) is 24.5 Å². The molecular formula is C19H27ClN4O2. The Morgan fingerprint density at radius 1 is 1.23 bits per heavy atom. The van der Waals surface area contributed by atoms with Crippen LogP contribution < -0.4 is 15.4 Å². The van der Waals surface area contributed by atoms with Crippen molar-refractivity contribution in [1.82, 2.24) is 15.1 Å². The molecule has 26 heavy (non-hydrogen) atoms. The minimum atomic E-state index is -0.438. The van der Waals surface area contributed by atoms with E-state index in [1.54, 1.807) is 17.9 Å². The summed E-state index contributed by atoms with van der Waals surface area (Å²) in [6.07, 6.45) is 9.93. The topological polar surface area (TPSA) is 68.2 Å². The fourth-order valence-corrected chi connectivity index (χ4v) is 3.25. The monoisotopic (exact) mass is 378 g/mol. The van der Waals surface area contributed by atoms with Gasteiger partial charge >= 0.3 is 0 Å². The zero-order valence-corrected chi connectivity index (χ0v) is 16.1. The minimum absolute atomic E-state index is 0. The number of nitrogens with zero attached hydrogens (tertiary/aromatic N) is 2. The van der Waals surface area contributed by atoms with Crippen molar-refractivity contribution in [2.75, 3.05) is 12.4 Å². The normalized spacial score (nSPS) is 15.8. The molecule has 0 spiro atoms. The average molecular weight is 379 g/mol. The number of nitrogens with one attached hydrogen (secondary N) is 2. The molecule has 1 aliphatic carbocycles. The molecule has 1 atom stereocenters. The number of halogens is 1. The predicted octanol–water partition coefficient (Wildman–Crippen LogP) is 3.45. The third-order valence-electron chi connectivity index (χ3n) is 4.59. The molecule has 0 bridgehead atoms. The van der Waals surface area contributed by atoms with Crippen LogP contribution in [0.25, 0.3) is 0 Å². The van der Waals surface area contributed by atoms with Crippen LogP contribution in [0.5, 0.6) is 5.75 Å². The molecule has 0 aliphatic heterocycles. The van der Waals surface area contributed by atoms with Gasteiger partial charge in [0.1, 0.15) is 11.8 Å². The number of aromatic nitrogens is 2. The van der Waals surface area contributed by atoms with Gasteiger partial charge in [-0.2, -0.15) is 5.10 Å². The summed E-state index contributed by atoms with van der Waals surface area (Å²) in [5.41, 5.74) is 1.59. The first-order chi connectivity index (χ1) is 12.2. The van der Waals surface area contributed by atoms with E-state index in [0.717, 1.165) is 29.8 Å². The number of aryl methyl sites for hydroxylation is 1. The van der Waals surface area contributed by atoms with E-state index in [4.69, 9.17) is 4.74 Å². The lowest BCUT2D eigenvalue weighted by atomic mass is 9.98. The molecule has 1 saturated carbocycles. The second-order valence-corrected chi connectivity index (χ2v) is 6.56. The first-order valence-corrected chi connectivity index (χ1v) is 8.89. The summed E-state index contributed by atoms with van der Waals surface area (Å²) >= 11 is 0. The van der Waals surface area contributed by atoms with Crippen LogP contribution in [0.4, 0.5) is 5.69 Å². The fraction of sp³-hybridized carbons (Fsp3) is 0.474. The highest BCUT2D eigenvalue weighted by Crippen LogP contribution is 2.24. The van der Waals surface area contributed by atoms with Crippen LogP contribution >= 0.6 is 12.4 Å². The van der Waals surface area contributed by atoms with Crippen molar-refractivity contribution in [2.45, 2.75) is 44.2 Å². The van der Waals surface area contributed by atoms with Gasteiger partial charge in [0.2, 0.25) is 5.91 Å². The quantitative estimate of drug-likeness (QED) is 0.807. The number of carbonyl (C=O) groups excluding carboxylic acids is 1. The van der Waals surface area contributed by atoms with Crippen LogP contribution in [-0.4, -0.2) is 28.8 Å². The molecule has 2 N–H and O–H groups in total. The molecule has 1 unspecified atom stereocenters. The van der Waals surface area contributed by atoms with Crippen molar-refractivity contribution in [3.05, 3.63) is 42.2 Å². The van der Waals surface area contributed by atoms with Gasteiger partial charge in [-0.25, -0.2) is 0 Å². The highest BCUT2D eigenvalue weighted by molar-refractivity contribution is 5.95. The maximum atomic E-state index is 12.5. The van der Waals surface area contributed by atoms with E-state index in [2.05, 4.69) is 15.7 Å². The predicted molar refractivity (Wildman–Crippen MR) is 105 cm³/mol. The third kappa shape index (κ3) is 5.22. The number of amides is 1. The lowest BCUT2D eigenvalue weighted by molar-refractivity contribution is -0.118. The lowest BCUT2D eigenvalue weighted by Crippen LogP contribution is -2.30. The Bertz CT molecular complexity index is 696. The first-order valence-electron chi connectivity index (χ1n) is 8.89. The highest BCUT2D eigenvalue weighted by Gasteiger charge is 2.20. The Hall–Kier alpha value is -2.05. The number of likely N-dealkylation sites (N-methyl/N-ethyl adjacent to an activating group) is 1. The molecule has 142 valence electrons. The summed E-state index contributed by atoms with van der Waals surface area (Å²) in [6.45, 7) is 0. The molecule has 1 amide bonds. The van der Waals surface area contributed by atoms with Crippen LogP contribution in [0.15, 0.2) is 36.7 Å². The minimum Gasteiger partial charge on any atom is -0.490 e. The summed E-state index contributed by atoms with van der Waals surface area (Å²) in [7, 11) is 3.59. The largest absolute Gasteiger partial charge is 0.490 e. The molecule has 1 aliphatic rings. The van der Waals surface area contributed by atoms with Crippen LogP contribution in [0.1, 0.15) is 43.7 Å².